The van der Waals surface area contributed by atoms with E-state index >= 15 is 0 Å². The van der Waals surface area contributed by atoms with Crippen molar-refractivity contribution in [3.8, 4) is 0 Å². The molecule has 1 aromatic carbocycles. The van der Waals surface area contributed by atoms with Crippen LogP contribution in [0.1, 0.15) is 20.3 Å². The Balaban J connectivity index is 2.37. The topological polar surface area (TPSA) is 136 Å². The number of aryl methyl sites for hydroxylation is 1. The molecule has 1 unspecified atom stereocenters. The zero-order valence-electron chi connectivity index (χ0n) is 15.2. The predicted molar refractivity (Wildman–Crippen MR) is 100 cm³/mol. The van der Waals surface area contributed by atoms with E-state index in [0.29, 0.717) is 0 Å². The Bertz CT molecular complexity index is 1020. The first-order valence-corrected chi connectivity index (χ1v) is 10.1. The number of esters is 1. The van der Waals surface area contributed by atoms with E-state index in [1.807, 2.05) is 0 Å². The van der Waals surface area contributed by atoms with Crippen LogP contribution in [0.5, 0.6) is 0 Å². The molecule has 0 spiro atoms. The molecule has 0 aliphatic carbocycles. The Morgan fingerprint density at radius 2 is 2.04 bits per heavy atom. The molecule has 0 fully saturated rings. The molecule has 0 aliphatic rings. The monoisotopic (exact) mass is 396 g/mol. The second-order valence-electron chi connectivity index (χ2n) is 6.37. The van der Waals surface area contributed by atoms with Crippen LogP contribution < -0.4 is 11.0 Å². The number of sulfone groups is 1. The maximum Gasteiger partial charge on any atom is 0.488 e. The average molecular weight is 396 g/mol. The summed E-state index contributed by atoms with van der Waals surface area (Å²) in [5, 5.41) is 18.6. The normalized spacial score (nSPS) is 14.0. The van der Waals surface area contributed by atoms with Crippen molar-refractivity contribution in [3.05, 3.63) is 34.9 Å². The number of aromatic nitrogens is 2. The molecular formula is C16H21BN2O7S. The largest absolute Gasteiger partial charge is 0.488 e. The second-order valence-corrected chi connectivity index (χ2v) is 8.81. The summed E-state index contributed by atoms with van der Waals surface area (Å²) >= 11 is 0. The van der Waals surface area contributed by atoms with Crippen LogP contribution in [0.25, 0.3) is 10.9 Å². The molecular weight excluding hydrogens is 375 g/mol. The maximum atomic E-state index is 12.6. The third kappa shape index (κ3) is 4.20. The van der Waals surface area contributed by atoms with Gasteiger partial charge >= 0.3 is 13.1 Å². The van der Waals surface area contributed by atoms with E-state index in [9.17, 15) is 28.1 Å². The summed E-state index contributed by atoms with van der Waals surface area (Å²) in [6.07, 6.45) is 2.02. The molecule has 1 heterocycles. The molecule has 11 heteroatoms. The van der Waals surface area contributed by atoms with Gasteiger partial charge in [0.15, 0.2) is 14.6 Å². The van der Waals surface area contributed by atoms with Crippen molar-refractivity contribution in [2.75, 3.05) is 12.9 Å². The SMILES string of the molecule is CCOC(=O)C(C)(CCn1cnc2cc(B(O)O)ccc2c1=O)S(C)(=O)=O. The fraction of sp³-hybridized carbons (Fsp3) is 0.438. The first-order valence-electron chi connectivity index (χ1n) is 8.23. The third-order valence-corrected chi connectivity index (χ3v) is 6.51. The molecule has 0 amide bonds. The maximum absolute atomic E-state index is 12.6. The molecule has 0 aliphatic heterocycles. The number of ether oxygens (including phenoxy) is 1. The molecule has 2 aromatic rings. The van der Waals surface area contributed by atoms with Crippen molar-refractivity contribution < 1.29 is 28.0 Å². The summed E-state index contributed by atoms with van der Waals surface area (Å²) in [6, 6.07) is 4.18. The number of carbonyl (C=O) groups is 1. The zero-order chi connectivity index (χ0) is 20.4. The minimum Gasteiger partial charge on any atom is -0.465 e. The molecule has 0 saturated heterocycles. The molecule has 1 aromatic heterocycles. The van der Waals surface area contributed by atoms with E-state index in [1.165, 1.54) is 36.0 Å². The summed E-state index contributed by atoms with van der Waals surface area (Å²) in [7, 11) is -5.47. The van der Waals surface area contributed by atoms with E-state index < -0.39 is 33.2 Å². The fourth-order valence-corrected chi connectivity index (χ4v) is 3.38. The van der Waals surface area contributed by atoms with Gasteiger partial charge in [0, 0.05) is 12.8 Å². The van der Waals surface area contributed by atoms with Crippen molar-refractivity contribution in [2.24, 2.45) is 0 Å². The van der Waals surface area contributed by atoms with Gasteiger partial charge < -0.3 is 14.8 Å². The van der Waals surface area contributed by atoms with Crippen molar-refractivity contribution >= 4 is 39.3 Å². The molecule has 0 bridgehead atoms. The van der Waals surface area contributed by atoms with Crippen molar-refractivity contribution in [2.45, 2.75) is 31.6 Å². The average Bonchev–Trinajstić information content (AvgIpc) is 2.59. The first-order chi connectivity index (χ1) is 12.5. The molecule has 9 nitrogen and oxygen atoms in total. The predicted octanol–water partition coefficient (Wildman–Crippen LogP) is -1.17. The van der Waals surface area contributed by atoms with E-state index in [-0.39, 0.29) is 35.9 Å². The van der Waals surface area contributed by atoms with Gasteiger partial charge in [0.2, 0.25) is 0 Å². The Kier molecular flexibility index (Phi) is 6.08. The number of carbonyl (C=O) groups excluding carboxylic acids is 1. The number of nitrogens with zero attached hydrogens (tertiary/aromatic N) is 2. The second kappa shape index (κ2) is 7.79. The Labute approximate surface area is 156 Å². The molecule has 0 saturated carbocycles. The highest BCUT2D eigenvalue weighted by Gasteiger charge is 2.44. The summed E-state index contributed by atoms with van der Waals surface area (Å²) in [6.45, 7) is 2.83. The Morgan fingerprint density at radius 3 is 2.59 bits per heavy atom. The van der Waals surface area contributed by atoms with Crippen LogP contribution in [0.15, 0.2) is 29.3 Å². The van der Waals surface area contributed by atoms with Gasteiger partial charge in [0.05, 0.1) is 23.8 Å². The molecule has 1 atom stereocenters. The highest BCUT2D eigenvalue weighted by Crippen LogP contribution is 2.23. The van der Waals surface area contributed by atoms with Crippen LogP contribution in [0.3, 0.4) is 0 Å². The lowest BCUT2D eigenvalue weighted by molar-refractivity contribution is -0.146. The van der Waals surface area contributed by atoms with Gasteiger partial charge in [0.25, 0.3) is 5.56 Å². The van der Waals surface area contributed by atoms with Crippen molar-refractivity contribution in [1.82, 2.24) is 9.55 Å². The standard InChI is InChI=1S/C16H21BN2O7S/c1-4-26-15(21)16(2,27(3,24)25)7-8-19-10-18-13-9-11(17(22)23)5-6-12(13)14(19)20/h5-6,9-10,22-23H,4,7-8H2,1-3H3. The van der Waals surface area contributed by atoms with Crippen LogP contribution in [-0.2, 0) is 25.9 Å². The van der Waals surface area contributed by atoms with Gasteiger partial charge in [-0.1, -0.05) is 6.07 Å². The minimum absolute atomic E-state index is 0.0421. The number of benzene rings is 1. The number of hydrogen-bond donors (Lipinski definition) is 2. The lowest BCUT2D eigenvalue weighted by Gasteiger charge is -2.25. The summed E-state index contributed by atoms with van der Waals surface area (Å²) < 4.78 is 28.6. The van der Waals surface area contributed by atoms with Gasteiger partial charge in [0.1, 0.15) is 0 Å². The molecule has 2 N–H and O–H groups in total. The van der Waals surface area contributed by atoms with Crippen LogP contribution in [-0.4, -0.2) is 58.7 Å². The van der Waals surface area contributed by atoms with E-state index in [4.69, 9.17) is 4.74 Å². The van der Waals surface area contributed by atoms with Gasteiger partial charge in [-0.15, -0.1) is 0 Å². The lowest BCUT2D eigenvalue weighted by Crippen LogP contribution is -2.45. The molecule has 2 rings (SSSR count). The summed E-state index contributed by atoms with van der Waals surface area (Å²) in [4.78, 5) is 28.9. The summed E-state index contributed by atoms with van der Waals surface area (Å²) in [5.41, 5.74) is 0.0379. The van der Waals surface area contributed by atoms with Crippen LogP contribution in [0, 0.1) is 0 Å². The summed E-state index contributed by atoms with van der Waals surface area (Å²) in [5.74, 6) is -0.865. The Morgan fingerprint density at radius 1 is 1.37 bits per heavy atom. The van der Waals surface area contributed by atoms with E-state index in [1.54, 1.807) is 6.92 Å². The number of fused-ring (bicyclic) bond motifs is 1. The smallest absolute Gasteiger partial charge is 0.465 e. The van der Waals surface area contributed by atoms with Gasteiger partial charge in [-0.2, -0.15) is 0 Å². The zero-order valence-corrected chi connectivity index (χ0v) is 16.1. The minimum atomic E-state index is -3.79. The highest BCUT2D eigenvalue weighted by molar-refractivity contribution is 7.92. The van der Waals surface area contributed by atoms with Gasteiger partial charge in [-0.25, -0.2) is 13.4 Å². The van der Waals surface area contributed by atoms with Crippen LogP contribution >= 0.6 is 0 Å². The molecule has 0 radical (unpaired) electrons. The van der Waals surface area contributed by atoms with E-state index in [2.05, 4.69) is 4.98 Å². The lowest BCUT2D eigenvalue weighted by atomic mass is 9.80. The molecule has 146 valence electrons. The van der Waals surface area contributed by atoms with Crippen LogP contribution in [0.4, 0.5) is 0 Å². The quantitative estimate of drug-likeness (QED) is 0.442. The van der Waals surface area contributed by atoms with Crippen molar-refractivity contribution in [1.29, 1.82) is 0 Å². The third-order valence-electron chi connectivity index (χ3n) is 4.50. The first kappa shape index (κ1) is 21.1. The van der Waals surface area contributed by atoms with Gasteiger partial charge in [-0.05, 0) is 37.9 Å². The number of rotatable bonds is 7. The highest BCUT2D eigenvalue weighted by atomic mass is 32.2. The number of hydrogen-bond acceptors (Lipinski definition) is 8. The van der Waals surface area contributed by atoms with Crippen molar-refractivity contribution in [3.63, 3.8) is 0 Å². The van der Waals surface area contributed by atoms with E-state index in [0.717, 1.165) is 6.26 Å². The van der Waals surface area contributed by atoms with Crippen LogP contribution in [0.2, 0.25) is 0 Å². The Hall–Kier alpha value is -2.24. The van der Waals surface area contributed by atoms with Gasteiger partial charge in [-0.3, -0.25) is 14.2 Å². The molecule has 27 heavy (non-hydrogen) atoms. The fourth-order valence-electron chi connectivity index (χ4n) is 2.55.